The smallest absolute Gasteiger partial charge is 0.225 e. The number of anilines is 1. The lowest BCUT2D eigenvalue weighted by molar-refractivity contribution is 0.118. The Morgan fingerprint density at radius 2 is 2.11 bits per heavy atom. The Hall–Kier alpha value is -1.95. The van der Waals surface area contributed by atoms with Gasteiger partial charge in [-0.2, -0.15) is 0 Å². The van der Waals surface area contributed by atoms with E-state index in [0.29, 0.717) is 0 Å². The minimum atomic E-state index is 0.146. The molecular weight excluding hydrogens is 230 g/mol. The van der Waals surface area contributed by atoms with Crippen LogP contribution >= 0.6 is 0 Å². The van der Waals surface area contributed by atoms with Gasteiger partial charge in [0.25, 0.3) is 0 Å². The van der Waals surface area contributed by atoms with Gasteiger partial charge in [0.05, 0.1) is 12.1 Å². The van der Waals surface area contributed by atoms with Crippen LogP contribution in [0, 0.1) is 0 Å². The first-order valence-corrected chi connectivity index (χ1v) is 5.94. The summed E-state index contributed by atoms with van der Waals surface area (Å²) in [6.07, 6.45) is 8.17. The normalized spacial score (nSPS) is 23.5. The number of methoxy groups -OCH3 is 1. The van der Waals surface area contributed by atoms with Gasteiger partial charge in [0.1, 0.15) is 5.82 Å². The van der Waals surface area contributed by atoms with Crippen molar-refractivity contribution in [2.24, 2.45) is 0 Å². The van der Waals surface area contributed by atoms with E-state index in [0.717, 1.165) is 24.7 Å². The highest BCUT2D eigenvalue weighted by molar-refractivity contribution is 5.35. The molecule has 0 saturated carbocycles. The Morgan fingerprint density at radius 3 is 2.78 bits per heavy atom. The van der Waals surface area contributed by atoms with E-state index in [2.05, 4.69) is 24.8 Å². The number of H-pyrrole nitrogens is 1. The maximum absolute atomic E-state index is 5.45. The molecule has 2 aromatic rings. The molecule has 6 heteroatoms. The summed E-state index contributed by atoms with van der Waals surface area (Å²) in [7, 11) is 1.74. The van der Waals surface area contributed by atoms with Crippen molar-refractivity contribution >= 4 is 5.95 Å². The van der Waals surface area contributed by atoms with Crippen molar-refractivity contribution in [3.8, 4) is 0 Å². The number of hydrogen-bond acceptors (Lipinski definition) is 5. The van der Waals surface area contributed by atoms with Gasteiger partial charge in [-0.1, -0.05) is 0 Å². The number of nitrogens with zero attached hydrogens (tertiary/aromatic N) is 4. The largest absolute Gasteiger partial charge is 0.380 e. The van der Waals surface area contributed by atoms with Gasteiger partial charge in [0, 0.05) is 44.9 Å². The number of ether oxygens (including phenoxy) is 1. The molecular formula is C12H15N5O. The first kappa shape index (κ1) is 11.2. The summed E-state index contributed by atoms with van der Waals surface area (Å²) in [4.78, 5) is 18.2. The summed E-state index contributed by atoms with van der Waals surface area (Å²) < 4.78 is 5.45. The highest BCUT2D eigenvalue weighted by Crippen LogP contribution is 2.33. The molecule has 1 unspecified atom stereocenters. The van der Waals surface area contributed by atoms with E-state index in [1.165, 1.54) is 0 Å². The van der Waals surface area contributed by atoms with Crippen LogP contribution in [0.25, 0.3) is 0 Å². The van der Waals surface area contributed by atoms with Crippen LogP contribution < -0.4 is 4.90 Å². The van der Waals surface area contributed by atoms with Crippen molar-refractivity contribution in [1.82, 2.24) is 19.9 Å². The maximum Gasteiger partial charge on any atom is 0.225 e. The number of aromatic amines is 1. The third kappa shape index (κ3) is 1.95. The van der Waals surface area contributed by atoms with Crippen molar-refractivity contribution < 1.29 is 4.74 Å². The van der Waals surface area contributed by atoms with E-state index in [4.69, 9.17) is 4.74 Å². The Bertz CT molecular complexity index is 486. The molecule has 18 heavy (non-hydrogen) atoms. The monoisotopic (exact) mass is 245 g/mol. The zero-order chi connectivity index (χ0) is 12.4. The van der Waals surface area contributed by atoms with Gasteiger partial charge in [-0.15, -0.1) is 0 Å². The fourth-order valence-corrected chi connectivity index (χ4v) is 2.35. The molecule has 6 nitrogen and oxygen atoms in total. The minimum Gasteiger partial charge on any atom is -0.380 e. The molecule has 0 bridgehead atoms. The van der Waals surface area contributed by atoms with Crippen molar-refractivity contribution in [2.75, 3.05) is 18.6 Å². The zero-order valence-electron chi connectivity index (χ0n) is 10.2. The van der Waals surface area contributed by atoms with Gasteiger partial charge < -0.3 is 14.6 Å². The van der Waals surface area contributed by atoms with Crippen LogP contribution in [0.15, 0.2) is 30.9 Å². The Labute approximate surface area is 105 Å². The Morgan fingerprint density at radius 1 is 1.28 bits per heavy atom. The molecule has 1 N–H and O–H groups in total. The van der Waals surface area contributed by atoms with Gasteiger partial charge in [-0.3, -0.25) is 0 Å². The SMILES string of the molecule is CO[C@@H]1CC(c2ncc[nH]2)N(c2ncccn2)C1. The molecule has 0 aromatic carbocycles. The molecule has 1 aliphatic heterocycles. The Kier molecular flexibility index (Phi) is 2.93. The van der Waals surface area contributed by atoms with Gasteiger partial charge in [0.15, 0.2) is 0 Å². The van der Waals surface area contributed by atoms with Crippen LogP contribution in [0.5, 0.6) is 0 Å². The van der Waals surface area contributed by atoms with E-state index >= 15 is 0 Å². The van der Waals surface area contributed by atoms with Crippen LogP contribution in [0.3, 0.4) is 0 Å². The highest BCUT2D eigenvalue weighted by atomic mass is 16.5. The second-order valence-corrected chi connectivity index (χ2v) is 4.28. The molecule has 0 aliphatic carbocycles. The van der Waals surface area contributed by atoms with E-state index in [1.807, 2.05) is 12.3 Å². The molecule has 2 atom stereocenters. The molecule has 1 aliphatic rings. The Balaban J connectivity index is 1.91. The summed E-state index contributed by atoms with van der Waals surface area (Å²) in [6, 6.07) is 1.96. The van der Waals surface area contributed by atoms with E-state index in [1.54, 1.807) is 25.7 Å². The summed E-state index contributed by atoms with van der Waals surface area (Å²) >= 11 is 0. The van der Waals surface area contributed by atoms with Gasteiger partial charge in [-0.05, 0) is 6.07 Å². The van der Waals surface area contributed by atoms with Crippen molar-refractivity contribution in [2.45, 2.75) is 18.6 Å². The number of aromatic nitrogens is 4. The lowest BCUT2D eigenvalue weighted by Crippen LogP contribution is -2.27. The van der Waals surface area contributed by atoms with Crippen LogP contribution in [0.4, 0.5) is 5.95 Å². The fraction of sp³-hybridized carbons (Fsp3) is 0.417. The predicted octanol–water partition coefficient (Wildman–Crippen LogP) is 1.17. The van der Waals surface area contributed by atoms with Gasteiger partial charge >= 0.3 is 0 Å². The van der Waals surface area contributed by atoms with Crippen LogP contribution in [0.1, 0.15) is 18.3 Å². The van der Waals surface area contributed by atoms with Crippen molar-refractivity contribution in [1.29, 1.82) is 0 Å². The topological polar surface area (TPSA) is 66.9 Å². The summed E-state index contributed by atoms with van der Waals surface area (Å²) in [5.74, 6) is 1.65. The second kappa shape index (κ2) is 4.73. The van der Waals surface area contributed by atoms with Crippen molar-refractivity contribution in [3.05, 3.63) is 36.7 Å². The van der Waals surface area contributed by atoms with Gasteiger partial charge in [0.2, 0.25) is 5.95 Å². The lowest BCUT2D eigenvalue weighted by atomic mass is 10.2. The van der Waals surface area contributed by atoms with Crippen LogP contribution in [-0.4, -0.2) is 39.7 Å². The van der Waals surface area contributed by atoms with Gasteiger partial charge in [-0.25, -0.2) is 15.0 Å². The lowest BCUT2D eigenvalue weighted by Gasteiger charge is -2.22. The molecule has 2 aromatic heterocycles. The zero-order valence-corrected chi connectivity index (χ0v) is 10.2. The average Bonchev–Trinajstić information content (AvgIpc) is 3.08. The quantitative estimate of drug-likeness (QED) is 0.879. The third-order valence-electron chi connectivity index (χ3n) is 3.24. The number of imidazole rings is 1. The first-order chi connectivity index (χ1) is 8.88. The summed E-state index contributed by atoms with van der Waals surface area (Å²) in [5, 5.41) is 0. The number of rotatable bonds is 3. The summed E-state index contributed by atoms with van der Waals surface area (Å²) in [6.45, 7) is 0.784. The maximum atomic E-state index is 5.45. The van der Waals surface area contributed by atoms with E-state index < -0.39 is 0 Å². The minimum absolute atomic E-state index is 0.146. The van der Waals surface area contributed by atoms with Crippen molar-refractivity contribution in [3.63, 3.8) is 0 Å². The highest BCUT2D eigenvalue weighted by Gasteiger charge is 2.36. The predicted molar refractivity (Wildman–Crippen MR) is 66.1 cm³/mol. The van der Waals surface area contributed by atoms with E-state index in [-0.39, 0.29) is 12.1 Å². The molecule has 1 saturated heterocycles. The molecule has 3 heterocycles. The van der Waals surface area contributed by atoms with Crippen LogP contribution in [0.2, 0.25) is 0 Å². The average molecular weight is 245 g/mol. The van der Waals surface area contributed by atoms with E-state index in [9.17, 15) is 0 Å². The molecule has 0 amide bonds. The standard InChI is InChI=1S/C12H15N5O/c1-18-9-7-10(11-13-5-6-14-11)17(8-9)12-15-3-2-4-16-12/h2-6,9-10H,7-8H2,1H3,(H,13,14)/t9-,10?/m1/s1. The molecule has 1 fully saturated rings. The third-order valence-corrected chi connectivity index (χ3v) is 3.24. The second-order valence-electron chi connectivity index (χ2n) is 4.28. The number of hydrogen-bond donors (Lipinski definition) is 1. The fourth-order valence-electron chi connectivity index (χ4n) is 2.35. The molecule has 0 radical (unpaired) electrons. The molecule has 0 spiro atoms. The summed E-state index contributed by atoms with van der Waals surface area (Å²) in [5.41, 5.74) is 0. The first-order valence-electron chi connectivity index (χ1n) is 5.94. The molecule has 94 valence electrons. The molecule has 3 rings (SSSR count). The number of nitrogens with one attached hydrogen (secondary N) is 1. The van der Waals surface area contributed by atoms with Crippen LogP contribution in [-0.2, 0) is 4.74 Å².